The summed E-state index contributed by atoms with van der Waals surface area (Å²) in [5.74, 6) is 0. The van der Waals surface area contributed by atoms with Crippen LogP contribution in [0, 0.1) is 0 Å². The molecule has 2 nitrogen and oxygen atoms in total. The van der Waals surface area contributed by atoms with Crippen LogP contribution in [0.15, 0.2) is 30.3 Å². The molecule has 1 rings (SSSR count). The van der Waals surface area contributed by atoms with E-state index in [4.69, 9.17) is 0 Å². The van der Waals surface area contributed by atoms with Crippen molar-refractivity contribution >= 4 is 26.5 Å². The average Bonchev–Trinajstić information content (AvgIpc) is 2.05. The zero-order valence-electron chi connectivity index (χ0n) is 7.28. The third-order valence-electron chi connectivity index (χ3n) is 1.73. The fourth-order valence-electron chi connectivity index (χ4n) is 0.875. The minimum Gasteiger partial charge on any atom is -0.323 e. The van der Waals surface area contributed by atoms with Gasteiger partial charge in [0.15, 0.2) is 0 Å². The molecule has 0 N–H and O–H groups in total. The Morgan fingerprint density at radius 3 is 2.09 bits per heavy atom. The molecule has 0 unspecified atom stereocenters. The molecule has 0 amide bonds. The Balaban J connectivity index is 2.77. The van der Waals surface area contributed by atoms with Gasteiger partial charge in [0.05, 0.1) is 26.5 Å². The second-order valence-electron chi connectivity index (χ2n) is 2.71. The number of hydrogen-bond acceptors (Lipinski definition) is 2. The summed E-state index contributed by atoms with van der Waals surface area (Å²) in [5, 5.41) is 2.21. The summed E-state index contributed by atoms with van der Waals surface area (Å²) >= 11 is 0. The highest BCUT2D eigenvalue weighted by Crippen LogP contribution is 2.10. The molecule has 0 radical (unpaired) electrons. The molecule has 11 heavy (non-hydrogen) atoms. The molecule has 0 aliphatic heterocycles. The van der Waals surface area contributed by atoms with Gasteiger partial charge in [0.1, 0.15) is 0 Å². The lowest BCUT2D eigenvalue weighted by atomic mass is 10.3. The smallest absolute Gasteiger partial charge is 0.0937 e. The van der Waals surface area contributed by atoms with Crippen LogP contribution < -0.4 is 5.01 Å². The van der Waals surface area contributed by atoms with Crippen LogP contribution in [0.4, 0.5) is 5.69 Å². The molecule has 0 aliphatic rings. The van der Waals surface area contributed by atoms with Gasteiger partial charge in [-0.25, -0.2) is 0 Å². The first-order valence-corrected chi connectivity index (χ1v) is 5.46. The highest BCUT2D eigenvalue weighted by molar-refractivity contribution is 6.25. The fourth-order valence-corrected chi connectivity index (χ4v) is 1.34. The number of para-hydroxylation sites is 1. The fraction of sp³-hybridized carbons (Fsp3) is 0.143. The molecular weight excluding hydrogens is 168 g/mol. The van der Waals surface area contributed by atoms with Crippen molar-refractivity contribution in [2.45, 2.75) is 0 Å². The second-order valence-corrected chi connectivity index (χ2v) is 7.08. The van der Waals surface area contributed by atoms with Crippen LogP contribution in [0.2, 0.25) is 0 Å². The first-order valence-electron chi connectivity index (χ1n) is 3.68. The maximum absolute atomic E-state index is 2.31. The lowest BCUT2D eigenvalue weighted by molar-refractivity contribution is 0.679. The van der Waals surface area contributed by atoms with Gasteiger partial charge in [-0.1, -0.05) is 18.2 Å². The molecule has 0 atom stereocenters. The minimum atomic E-state index is 1.11. The predicted octanol–water partition coefficient (Wildman–Crippen LogP) is -1.10. The van der Waals surface area contributed by atoms with Crippen molar-refractivity contribution in [1.82, 2.24) is 4.34 Å². The van der Waals surface area contributed by atoms with Gasteiger partial charge in [0.2, 0.25) is 0 Å². The summed E-state index contributed by atoms with van der Waals surface area (Å²) in [6.45, 7) is 0. The Kier molecular flexibility index (Phi) is 2.87. The molecule has 60 valence electrons. The van der Waals surface area contributed by atoms with E-state index < -0.39 is 0 Å². The maximum Gasteiger partial charge on any atom is 0.0937 e. The van der Waals surface area contributed by atoms with Crippen molar-refractivity contribution < 1.29 is 0 Å². The highest BCUT2D eigenvalue weighted by atomic mass is 28.2. The van der Waals surface area contributed by atoms with Crippen molar-refractivity contribution in [3.8, 4) is 0 Å². The van der Waals surface area contributed by atoms with Crippen LogP contribution in [0.1, 0.15) is 0 Å². The van der Waals surface area contributed by atoms with E-state index in [2.05, 4.69) is 40.7 Å². The number of hydrogen-bond donors (Lipinski definition) is 0. The zero-order valence-corrected chi connectivity index (χ0v) is 11.3. The molecule has 0 aromatic heterocycles. The van der Waals surface area contributed by atoms with Crippen LogP contribution >= 0.6 is 0 Å². The summed E-state index contributed by atoms with van der Waals surface area (Å²) in [6.07, 6.45) is 0. The summed E-state index contributed by atoms with van der Waals surface area (Å²) in [5.41, 5.74) is 1.28. The minimum absolute atomic E-state index is 1.11. The molecule has 0 aliphatic carbocycles. The van der Waals surface area contributed by atoms with E-state index in [0.29, 0.717) is 0 Å². The van der Waals surface area contributed by atoms with Gasteiger partial charge < -0.3 is 5.01 Å². The SMILES string of the molecule is CN(c1ccccc1)N([SiH3])[SiH3]. The monoisotopic (exact) mass is 182 g/mol. The molecular formula is C7H14N2Si2. The Morgan fingerprint density at radius 1 is 1.09 bits per heavy atom. The van der Waals surface area contributed by atoms with Gasteiger partial charge >= 0.3 is 0 Å². The quantitative estimate of drug-likeness (QED) is 0.423. The zero-order chi connectivity index (χ0) is 8.27. The Labute approximate surface area is 73.8 Å². The lowest BCUT2D eigenvalue weighted by Crippen LogP contribution is -2.35. The summed E-state index contributed by atoms with van der Waals surface area (Å²) in [4.78, 5) is 0. The second kappa shape index (κ2) is 3.70. The van der Waals surface area contributed by atoms with E-state index in [0.717, 1.165) is 20.8 Å². The molecule has 0 heterocycles. The number of rotatable bonds is 2. The van der Waals surface area contributed by atoms with Crippen molar-refractivity contribution in [3.05, 3.63) is 30.3 Å². The number of hydrazine groups is 1. The van der Waals surface area contributed by atoms with Gasteiger partial charge in [0.25, 0.3) is 0 Å². The van der Waals surface area contributed by atoms with Crippen LogP contribution in [0.5, 0.6) is 0 Å². The summed E-state index contributed by atoms with van der Waals surface area (Å²) in [7, 11) is 4.32. The third-order valence-corrected chi connectivity index (χ3v) is 2.93. The van der Waals surface area contributed by atoms with E-state index in [-0.39, 0.29) is 0 Å². The third kappa shape index (κ3) is 2.18. The number of nitrogens with zero attached hydrogens (tertiary/aromatic N) is 2. The van der Waals surface area contributed by atoms with Crippen molar-refractivity contribution in [1.29, 1.82) is 0 Å². The number of anilines is 1. The first kappa shape index (κ1) is 8.51. The first-order chi connectivity index (χ1) is 5.22. The van der Waals surface area contributed by atoms with E-state index >= 15 is 0 Å². The van der Waals surface area contributed by atoms with Gasteiger partial charge in [-0.15, -0.1) is 0 Å². The highest BCUT2D eigenvalue weighted by Gasteiger charge is 1.98. The van der Waals surface area contributed by atoms with Gasteiger partial charge in [-0.2, -0.15) is 0 Å². The van der Waals surface area contributed by atoms with Crippen molar-refractivity contribution in [2.24, 2.45) is 0 Å². The normalized spacial score (nSPS) is 10.7. The van der Waals surface area contributed by atoms with Crippen molar-refractivity contribution in [2.75, 3.05) is 12.1 Å². The van der Waals surface area contributed by atoms with E-state index in [1.165, 1.54) is 5.69 Å². The molecule has 0 bridgehead atoms. The topological polar surface area (TPSA) is 6.48 Å². The Bertz CT molecular complexity index is 213. The Morgan fingerprint density at radius 2 is 1.64 bits per heavy atom. The van der Waals surface area contributed by atoms with Crippen LogP contribution in [0.25, 0.3) is 0 Å². The maximum atomic E-state index is 2.31. The molecule has 1 aromatic rings. The van der Waals surface area contributed by atoms with E-state index in [1.54, 1.807) is 0 Å². The summed E-state index contributed by atoms with van der Waals surface area (Å²) in [6, 6.07) is 10.4. The molecule has 0 saturated carbocycles. The Hall–Kier alpha value is -0.586. The van der Waals surface area contributed by atoms with Crippen LogP contribution in [0.3, 0.4) is 0 Å². The van der Waals surface area contributed by atoms with E-state index in [1.807, 2.05) is 6.07 Å². The van der Waals surface area contributed by atoms with Gasteiger partial charge in [-0.05, 0) is 12.1 Å². The van der Waals surface area contributed by atoms with Crippen LogP contribution in [-0.2, 0) is 0 Å². The molecule has 0 spiro atoms. The molecule has 4 heteroatoms. The molecule has 0 fully saturated rings. The molecule has 0 saturated heterocycles. The van der Waals surface area contributed by atoms with Gasteiger partial charge in [-0.3, -0.25) is 4.34 Å². The summed E-state index contributed by atoms with van der Waals surface area (Å²) < 4.78 is 2.31. The van der Waals surface area contributed by atoms with Gasteiger partial charge in [0, 0.05) is 7.05 Å². The average molecular weight is 182 g/mol. The lowest BCUT2D eigenvalue weighted by Gasteiger charge is -2.27. The van der Waals surface area contributed by atoms with Crippen LogP contribution in [-0.4, -0.2) is 32.2 Å². The number of benzene rings is 1. The van der Waals surface area contributed by atoms with Crippen molar-refractivity contribution in [3.63, 3.8) is 0 Å². The largest absolute Gasteiger partial charge is 0.323 e. The molecule has 1 aromatic carbocycles. The predicted molar refractivity (Wildman–Crippen MR) is 56.6 cm³/mol. The standard InChI is InChI=1S/C7H14N2Si2/c1-8(9(10)11)7-5-3-2-4-6-7/h2-6H,1,10-11H3. The van der Waals surface area contributed by atoms with E-state index in [9.17, 15) is 0 Å².